The van der Waals surface area contributed by atoms with Crippen LogP contribution in [0.5, 0.6) is 0 Å². The van der Waals surface area contributed by atoms with Gasteiger partial charge in [-0.1, -0.05) is 53.5 Å². The predicted octanol–water partition coefficient (Wildman–Crippen LogP) is 5.77. The van der Waals surface area contributed by atoms with Gasteiger partial charge in [0.05, 0.1) is 27.8 Å². The molecule has 0 spiro atoms. The Kier molecular flexibility index (Phi) is 6.19. The SMILES string of the molecule is O=c1c(C(F)(F)F)nnc(Nc2c(Cl)cc(C(F)(F)F)cc2Cl)n1Cc1ccccc1. The van der Waals surface area contributed by atoms with Crippen molar-refractivity contribution in [3.8, 4) is 0 Å². The molecule has 1 aromatic heterocycles. The van der Waals surface area contributed by atoms with Crippen molar-refractivity contribution in [2.75, 3.05) is 5.32 Å². The Morgan fingerprint density at radius 3 is 2.00 bits per heavy atom. The number of halogens is 8. The van der Waals surface area contributed by atoms with Gasteiger partial charge < -0.3 is 5.32 Å². The van der Waals surface area contributed by atoms with Crippen LogP contribution >= 0.6 is 23.2 Å². The summed E-state index contributed by atoms with van der Waals surface area (Å²) in [5.41, 5.74) is -4.22. The van der Waals surface area contributed by atoms with E-state index in [1.807, 2.05) is 0 Å². The summed E-state index contributed by atoms with van der Waals surface area (Å²) >= 11 is 11.8. The maximum atomic E-state index is 13.1. The number of nitrogens with one attached hydrogen (secondary N) is 1. The molecule has 0 bridgehead atoms. The molecule has 0 aliphatic heterocycles. The second-order valence-corrected chi connectivity index (χ2v) is 7.00. The van der Waals surface area contributed by atoms with Crippen molar-refractivity contribution in [3.63, 3.8) is 0 Å². The van der Waals surface area contributed by atoms with Gasteiger partial charge in [-0.2, -0.15) is 26.3 Å². The fraction of sp³-hybridized carbons (Fsp3) is 0.167. The first-order chi connectivity index (χ1) is 14.4. The summed E-state index contributed by atoms with van der Waals surface area (Å²) in [7, 11) is 0. The molecule has 0 fully saturated rings. The van der Waals surface area contributed by atoms with Crippen molar-refractivity contribution >= 4 is 34.8 Å². The molecule has 0 aliphatic carbocycles. The molecular weight excluding hydrogens is 473 g/mol. The zero-order chi connectivity index (χ0) is 23.0. The number of aromatic nitrogens is 3. The van der Waals surface area contributed by atoms with Crippen LogP contribution in [0.3, 0.4) is 0 Å². The smallest absolute Gasteiger partial charge is 0.322 e. The van der Waals surface area contributed by atoms with E-state index in [0.29, 0.717) is 22.3 Å². The number of nitrogens with zero attached hydrogens (tertiary/aromatic N) is 3. The van der Waals surface area contributed by atoms with Crippen molar-refractivity contribution in [1.82, 2.24) is 14.8 Å². The molecule has 0 radical (unpaired) electrons. The normalized spacial score (nSPS) is 12.1. The average Bonchev–Trinajstić information content (AvgIpc) is 2.66. The van der Waals surface area contributed by atoms with Crippen LogP contribution in [0, 0.1) is 0 Å². The maximum absolute atomic E-state index is 13.1. The molecule has 13 heteroatoms. The highest BCUT2D eigenvalue weighted by atomic mass is 35.5. The van der Waals surface area contributed by atoms with E-state index in [1.54, 1.807) is 30.3 Å². The van der Waals surface area contributed by atoms with E-state index in [1.165, 1.54) is 0 Å². The van der Waals surface area contributed by atoms with Crippen LogP contribution in [0.15, 0.2) is 47.3 Å². The zero-order valence-corrected chi connectivity index (χ0v) is 16.5. The lowest BCUT2D eigenvalue weighted by Gasteiger charge is -2.17. The average molecular weight is 483 g/mol. The molecule has 1 heterocycles. The highest BCUT2D eigenvalue weighted by Gasteiger charge is 2.38. The number of rotatable bonds is 4. The Morgan fingerprint density at radius 1 is 0.903 bits per heavy atom. The first-order valence-electron chi connectivity index (χ1n) is 8.30. The topological polar surface area (TPSA) is 59.8 Å². The molecule has 3 aromatic rings. The maximum Gasteiger partial charge on any atom is 0.440 e. The van der Waals surface area contributed by atoms with Crippen LogP contribution in [0.4, 0.5) is 38.0 Å². The number of benzene rings is 2. The van der Waals surface area contributed by atoms with Gasteiger partial charge in [-0.3, -0.25) is 9.36 Å². The molecule has 1 N–H and O–H groups in total. The van der Waals surface area contributed by atoms with Gasteiger partial charge in [0.15, 0.2) is 0 Å². The van der Waals surface area contributed by atoms with E-state index >= 15 is 0 Å². The van der Waals surface area contributed by atoms with Crippen LogP contribution in [0.25, 0.3) is 0 Å². The molecule has 0 saturated carbocycles. The third kappa shape index (κ3) is 5.10. The molecule has 0 unspecified atom stereocenters. The second-order valence-electron chi connectivity index (χ2n) is 6.18. The standard InChI is InChI=1S/C18H10Cl2F6N4O/c19-11-6-10(17(21,22)23)7-12(20)13(11)27-16-29-28-14(18(24,25)26)15(31)30(16)8-9-4-2-1-3-5-9/h1-7H,8H2,(H,27,29). The van der Waals surface area contributed by atoms with Crippen LogP contribution in [-0.4, -0.2) is 14.8 Å². The summed E-state index contributed by atoms with van der Waals surface area (Å²) in [5, 5.41) is 7.77. The summed E-state index contributed by atoms with van der Waals surface area (Å²) in [6.07, 6.45) is -9.79. The Balaban J connectivity index is 2.11. The van der Waals surface area contributed by atoms with Gasteiger partial charge in [-0.15, -0.1) is 10.2 Å². The second kappa shape index (κ2) is 8.39. The van der Waals surface area contributed by atoms with E-state index in [4.69, 9.17) is 23.2 Å². The number of hydrogen-bond acceptors (Lipinski definition) is 4. The summed E-state index contributed by atoms with van der Waals surface area (Å²) < 4.78 is 78.7. The molecule has 0 atom stereocenters. The van der Waals surface area contributed by atoms with Gasteiger partial charge in [-0.25, -0.2) is 0 Å². The quantitative estimate of drug-likeness (QED) is 0.479. The highest BCUT2D eigenvalue weighted by molar-refractivity contribution is 6.39. The Morgan fingerprint density at radius 2 is 1.48 bits per heavy atom. The zero-order valence-electron chi connectivity index (χ0n) is 15.0. The van der Waals surface area contributed by atoms with Crippen LogP contribution in [-0.2, 0) is 18.9 Å². The number of alkyl halides is 6. The lowest BCUT2D eigenvalue weighted by Crippen LogP contribution is -2.33. The van der Waals surface area contributed by atoms with Crippen molar-refractivity contribution in [2.45, 2.75) is 18.9 Å². The number of hydrogen-bond donors (Lipinski definition) is 1. The van der Waals surface area contributed by atoms with E-state index < -0.39 is 45.2 Å². The minimum Gasteiger partial charge on any atom is -0.322 e. The van der Waals surface area contributed by atoms with Crippen LogP contribution < -0.4 is 10.9 Å². The van der Waals surface area contributed by atoms with Crippen LogP contribution in [0.1, 0.15) is 16.8 Å². The summed E-state index contributed by atoms with van der Waals surface area (Å²) in [4.78, 5) is 12.5. The molecular formula is C18H10Cl2F6N4O. The molecule has 5 nitrogen and oxygen atoms in total. The molecule has 0 amide bonds. The third-order valence-corrected chi connectivity index (χ3v) is 4.60. The number of anilines is 2. The molecule has 0 saturated heterocycles. The molecule has 0 aliphatic rings. The highest BCUT2D eigenvalue weighted by Crippen LogP contribution is 2.39. The van der Waals surface area contributed by atoms with E-state index in [-0.39, 0.29) is 12.2 Å². The lowest BCUT2D eigenvalue weighted by molar-refractivity contribution is -0.143. The third-order valence-electron chi connectivity index (χ3n) is 4.01. The Bertz CT molecular complexity index is 1140. The van der Waals surface area contributed by atoms with E-state index in [2.05, 4.69) is 15.5 Å². The fourth-order valence-corrected chi connectivity index (χ4v) is 3.15. The van der Waals surface area contributed by atoms with Crippen molar-refractivity contribution in [3.05, 3.63) is 79.7 Å². The van der Waals surface area contributed by atoms with Gasteiger partial charge in [-0.05, 0) is 17.7 Å². The van der Waals surface area contributed by atoms with Gasteiger partial charge in [0.1, 0.15) is 0 Å². The molecule has 164 valence electrons. The van der Waals surface area contributed by atoms with Crippen molar-refractivity contribution in [1.29, 1.82) is 0 Å². The largest absolute Gasteiger partial charge is 0.440 e. The summed E-state index contributed by atoms with van der Waals surface area (Å²) in [6.45, 7) is -0.337. The summed E-state index contributed by atoms with van der Waals surface area (Å²) in [6, 6.07) is 9.15. The minimum atomic E-state index is -5.06. The van der Waals surface area contributed by atoms with Crippen molar-refractivity contribution in [2.24, 2.45) is 0 Å². The van der Waals surface area contributed by atoms with Crippen LogP contribution in [0.2, 0.25) is 10.0 Å². The van der Waals surface area contributed by atoms with E-state index in [0.717, 1.165) is 0 Å². The first-order valence-corrected chi connectivity index (χ1v) is 9.05. The van der Waals surface area contributed by atoms with E-state index in [9.17, 15) is 31.1 Å². The molecule has 2 aromatic carbocycles. The van der Waals surface area contributed by atoms with Crippen molar-refractivity contribution < 1.29 is 26.3 Å². The van der Waals surface area contributed by atoms with Gasteiger partial charge >= 0.3 is 12.4 Å². The minimum absolute atomic E-state index is 0.286. The molecule has 3 rings (SSSR count). The Labute approximate surface area is 180 Å². The Hall–Kier alpha value is -2.79. The van der Waals surface area contributed by atoms with Gasteiger partial charge in [0.2, 0.25) is 11.6 Å². The fourth-order valence-electron chi connectivity index (χ4n) is 2.57. The van der Waals surface area contributed by atoms with Gasteiger partial charge in [0, 0.05) is 0 Å². The monoisotopic (exact) mass is 482 g/mol. The van der Waals surface area contributed by atoms with Gasteiger partial charge in [0.25, 0.3) is 5.56 Å². The first kappa shape index (κ1) is 22.9. The predicted molar refractivity (Wildman–Crippen MR) is 102 cm³/mol. The lowest BCUT2D eigenvalue weighted by atomic mass is 10.2. The molecule has 31 heavy (non-hydrogen) atoms. The summed E-state index contributed by atoms with van der Waals surface area (Å²) in [5.74, 6) is -0.495.